The fraction of sp³-hybridized carbons (Fsp3) is 0.588. The fourth-order valence-electron chi connectivity index (χ4n) is 7.18. The van der Waals surface area contributed by atoms with Crippen molar-refractivity contribution in [2.75, 3.05) is 26.9 Å². The molecule has 11 nitrogen and oxygen atoms in total. The van der Waals surface area contributed by atoms with E-state index in [2.05, 4.69) is 18.5 Å². The number of nitrogens with zero attached hydrogens (tertiary/aromatic N) is 2. The number of aliphatic hydroxyl groups is 1. The summed E-state index contributed by atoms with van der Waals surface area (Å²) in [6, 6.07) is 6.46. The van der Waals surface area contributed by atoms with E-state index in [9.17, 15) is 24.3 Å². The third-order valence-electron chi connectivity index (χ3n) is 9.22. The molecule has 1 aromatic rings. The molecule has 3 aliphatic rings. The average Bonchev–Trinajstić information content (AvgIpc) is 3.68. The molecule has 246 valence electrons. The van der Waals surface area contributed by atoms with Crippen LogP contribution in [0.1, 0.15) is 58.1 Å². The largest absolute Gasteiger partial charge is 0.455 e. The molecular weight excluding hydrogens is 578 g/mol. The van der Waals surface area contributed by atoms with Crippen molar-refractivity contribution in [2.24, 2.45) is 11.8 Å². The first-order chi connectivity index (χ1) is 21.6. The molecule has 2 N–H and O–H groups in total. The van der Waals surface area contributed by atoms with Crippen LogP contribution in [0.4, 0.5) is 0 Å². The number of methoxy groups -OCH3 is 1. The van der Waals surface area contributed by atoms with Crippen LogP contribution in [0, 0.1) is 11.8 Å². The van der Waals surface area contributed by atoms with Gasteiger partial charge in [-0.25, -0.2) is 0 Å². The number of esters is 1. The van der Waals surface area contributed by atoms with Gasteiger partial charge in [-0.1, -0.05) is 42.5 Å². The van der Waals surface area contributed by atoms with Crippen molar-refractivity contribution in [1.29, 1.82) is 0 Å². The van der Waals surface area contributed by atoms with Crippen LogP contribution in [-0.4, -0.2) is 101 Å². The van der Waals surface area contributed by atoms with Crippen molar-refractivity contribution in [3.05, 3.63) is 61.2 Å². The maximum Gasteiger partial charge on any atom is 0.313 e. The predicted octanol–water partition coefficient (Wildman–Crippen LogP) is 2.55. The Bertz CT molecular complexity index is 1260. The average molecular weight is 626 g/mol. The molecule has 0 aliphatic carbocycles. The molecule has 4 rings (SSSR count). The first kappa shape index (κ1) is 34.3. The molecule has 3 saturated heterocycles. The van der Waals surface area contributed by atoms with Gasteiger partial charge in [-0.3, -0.25) is 19.2 Å². The molecule has 8 atom stereocenters. The molecule has 11 heteroatoms. The van der Waals surface area contributed by atoms with Gasteiger partial charge in [-0.2, -0.15) is 0 Å². The van der Waals surface area contributed by atoms with Crippen molar-refractivity contribution in [3.8, 4) is 0 Å². The van der Waals surface area contributed by atoms with E-state index in [0.29, 0.717) is 24.8 Å². The number of nitrogens with one attached hydrogen (secondary N) is 1. The van der Waals surface area contributed by atoms with E-state index in [1.54, 1.807) is 36.1 Å². The van der Waals surface area contributed by atoms with Gasteiger partial charge in [0, 0.05) is 26.1 Å². The van der Waals surface area contributed by atoms with Crippen molar-refractivity contribution in [2.45, 2.75) is 88.4 Å². The molecule has 45 heavy (non-hydrogen) atoms. The molecule has 1 spiro atoms. The molecular formula is C34H47N3O8. The van der Waals surface area contributed by atoms with E-state index in [0.717, 1.165) is 0 Å². The normalized spacial score (nSPS) is 27.1. The Hall–Kier alpha value is -3.54. The third kappa shape index (κ3) is 6.57. The number of aliphatic hydroxyl groups excluding tert-OH is 1. The standard InChI is InChI=1S/C34H47N3O8/c1-7-9-15-26(39)35-24(20-43-6)29(23-13-11-10-12-14-23)44-33(42)27-25-16-17-34(45-25)28(27)31(40)37(22(5)19-38)30(34)32(41)36(18-8-2)21(3)4/h7-8,10-14,21-22,24-25,27-30,38H,1-2,9,15-20H2,3-6H3,(H,35,39)/t22-,24-,25-,27+,28+,29-,30-,34+/m1/s1. The summed E-state index contributed by atoms with van der Waals surface area (Å²) in [4.78, 5) is 58.5. The van der Waals surface area contributed by atoms with Gasteiger partial charge in [-0.15, -0.1) is 13.2 Å². The highest BCUT2D eigenvalue weighted by molar-refractivity contribution is 5.98. The Morgan fingerprint density at radius 3 is 2.51 bits per heavy atom. The summed E-state index contributed by atoms with van der Waals surface area (Å²) in [5, 5.41) is 13.1. The second-order valence-corrected chi connectivity index (χ2v) is 12.4. The smallest absolute Gasteiger partial charge is 0.313 e. The van der Waals surface area contributed by atoms with E-state index >= 15 is 0 Å². The number of fused-ring (bicyclic) bond motifs is 1. The lowest BCUT2D eigenvalue weighted by atomic mass is 9.70. The zero-order valence-electron chi connectivity index (χ0n) is 26.7. The summed E-state index contributed by atoms with van der Waals surface area (Å²) < 4.78 is 18.2. The van der Waals surface area contributed by atoms with Crippen LogP contribution in [0.2, 0.25) is 0 Å². The maximum absolute atomic E-state index is 14.2. The predicted molar refractivity (Wildman–Crippen MR) is 167 cm³/mol. The Labute approximate surface area is 265 Å². The van der Waals surface area contributed by atoms with Gasteiger partial charge in [-0.05, 0) is 45.6 Å². The van der Waals surface area contributed by atoms with Crippen molar-refractivity contribution in [3.63, 3.8) is 0 Å². The van der Waals surface area contributed by atoms with Crippen LogP contribution in [0.25, 0.3) is 0 Å². The molecule has 3 amide bonds. The monoisotopic (exact) mass is 625 g/mol. The zero-order chi connectivity index (χ0) is 32.9. The van der Waals surface area contributed by atoms with Gasteiger partial charge < -0.3 is 34.4 Å². The SMILES string of the molecule is C=CCCC(=O)N[C@H](COC)[C@H](OC(=O)[C@@H]1[C@H]2C(=O)N([C@H](C)CO)[C@H](C(=O)N(CC=C)C(C)C)[C@]23CC[C@H]1O3)c1ccccc1. The zero-order valence-corrected chi connectivity index (χ0v) is 26.7. The van der Waals surface area contributed by atoms with Gasteiger partial charge in [0.1, 0.15) is 17.7 Å². The molecule has 1 aromatic carbocycles. The second kappa shape index (κ2) is 14.7. The van der Waals surface area contributed by atoms with Gasteiger partial charge in [0.15, 0.2) is 0 Å². The lowest BCUT2D eigenvalue weighted by Gasteiger charge is -2.39. The molecule has 2 bridgehead atoms. The molecule has 3 aliphatic heterocycles. The summed E-state index contributed by atoms with van der Waals surface area (Å²) in [6.45, 7) is 12.9. The van der Waals surface area contributed by atoms with Crippen LogP contribution in [0.3, 0.4) is 0 Å². The van der Waals surface area contributed by atoms with Crippen LogP contribution in [0.5, 0.6) is 0 Å². The minimum atomic E-state index is -1.24. The molecule has 0 saturated carbocycles. The Morgan fingerprint density at radius 2 is 1.91 bits per heavy atom. The molecule has 0 aromatic heterocycles. The minimum Gasteiger partial charge on any atom is -0.455 e. The second-order valence-electron chi connectivity index (χ2n) is 12.4. The van der Waals surface area contributed by atoms with E-state index in [-0.39, 0.29) is 44.0 Å². The Kier molecular flexibility index (Phi) is 11.2. The third-order valence-corrected chi connectivity index (χ3v) is 9.22. The molecule has 0 unspecified atom stereocenters. The van der Waals surface area contributed by atoms with E-state index in [1.165, 1.54) is 12.0 Å². The highest BCUT2D eigenvalue weighted by Gasteiger charge is 2.75. The number of amides is 3. The number of allylic oxidation sites excluding steroid dienone is 1. The number of carbonyl (C=O) groups excluding carboxylic acids is 4. The van der Waals surface area contributed by atoms with Gasteiger partial charge in [0.25, 0.3) is 0 Å². The van der Waals surface area contributed by atoms with Crippen molar-refractivity contribution < 1.29 is 38.5 Å². The number of rotatable bonds is 16. The van der Waals surface area contributed by atoms with Crippen LogP contribution in [-0.2, 0) is 33.4 Å². The number of hydrogen-bond donors (Lipinski definition) is 2. The van der Waals surface area contributed by atoms with Crippen LogP contribution >= 0.6 is 0 Å². The quantitative estimate of drug-likeness (QED) is 0.212. The first-order valence-corrected chi connectivity index (χ1v) is 15.7. The number of likely N-dealkylation sites (tertiary alicyclic amines) is 1. The fourth-order valence-corrected chi connectivity index (χ4v) is 7.18. The first-order valence-electron chi connectivity index (χ1n) is 15.7. The van der Waals surface area contributed by atoms with Crippen molar-refractivity contribution in [1.82, 2.24) is 15.1 Å². The van der Waals surface area contributed by atoms with Crippen LogP contribution < -0.4 is 5.32 Å². The molecule has 3 fully saturated rings. The maximum atomic E-state index is 14.2. The van der Waals surface area contributed by atoms with E-state index in [4.69, 9.17) is 14.2 Å². The lowest BCUT2D eigenvalue weighted by Crippen LogP contribution is -2.59. The highest BCUT2D eigenvalue weighted by Crippen LogP contribution is 2.59. The number of carbonyl (C=O) groups is 4. The summed E-state index contributed by atoms with van der Waals surface area (Å²) in [5.74, 6) is -3.55. The number of benzene rings is 1. The van der Waals surface area contributed by atoms with Gasteiger partial charge in [0.05, 0.1) is 43.2 Å². The molecule has 3 heterocycles. The minimum absolute atomic E-state index is 0.0657. The Balaban J connectivity index is 1.70. The van der Waals surface area contributed by atoms with E-state index < -0.39 is 59.6 Å². The summed E-state index contributed by atoms with van der Waals surface area (Å²) >= 11 is 0. The van der Waals surface area contributed by atoms with Gasteiger partial charge in [0.2, 0.25) is 17.7 Å². The topological polar surface area (TPSA) is 135 Å². The Morgan fingerprint density at radius 1 is 1.20 bits per heavy atom. The van der Waals surface area contributed by atoms with Crippen LogP contribution in [0.15, 0.2) is 55.6 Å². The summed E-state index contributed by atoms with van der Waals surface area (Å²) in [5.41, 5.74) is -0.595. The number of hydrogen-bond acceptors (Lipinski definition) is 8. The number of ether oxygens (including phenoxy) is 3. The van der Waals surface area contributed by atoms with Crippen molar-refractivity contribution >= 4 is 23.7 Å². The lowest BCUT2D eigenvalue weighted by molar-refractivity contribution is -0.163. The molecule has 0 radical (unpaired) electrons. The van der Waals surface area contributed by atoms with Gasteiger partial charge >= 0.3 is 5.97 Å². The highest BCUT2D eigenvalue weighted by atomic mass is 16.6. The van der Waals surface area contributed by atoms with E-state index in [1.807, 2.05) is 32.0 Å². The summed E-state index contributed by atoms with van der Waals surface area (Å²) in [7, 11) is 1.50. The summed E-state index contributed by atoms with van der Waals surface area (Å²) in [6.07, 6.45) is 3.31.